The molecule has 24 N–H and O–H groups in total. The number of nitrogens with zero attached hydrogens (tertiary/aromatic N) is 3. The molecule has 225 valence electrons. The Balaban J connectivity index is -0.000000218. The molecule has 0 aromatic rings. The smallest absolute Gasteiger partial charge is 0.420 e. The summed E-state index contributed by atoms with van der Waals surface area (Å²) in [5.74, 6) is 0. The number of carbonyl (C=O) groups is 3. The van der Waals surface area contributed by atoms with Crippen LogP contribution in [0.5, 0.6) is 0 Å². The van der Waals surface area contributed by atoms with Crippen molar-refractivity contribution in [1.29, 1.82) is 0 Å². The summed E-state index contributed by atoms with van der Waals surface area (Å²) < 4.78 is 0. The van der Waals surface area contributed by atoms with Crippen LogP contribution in [0.2, 0.25) is 0 Å². The van der Waals surface area contributed by atoms with Crippen molar-refractivity contribution >= 4 is 18.3 Å². The summed E-state index contributed by atoms with van der Waals surface area (Å²) in [5.41, 5.74) is 24.9. The average molecular weight is 611 g/mol. The van der Waals surface area contributed by atoms with Gasteiger partial charge in [-0.15, -0.1) is 16.6 Å². The molecule has 33 nitrogen and oxygen atoms in total. The van der Waals surface area contributed by atoms with Gasteiger partial charge in [-0.1, -0.05) is 0 Å². The summed E-state index contributed by atoms with van der Waals surface area (Å²) in [4.78, 5) is 29.2. The quantitative estimate of drug-likeness (QED) is 0.0464. The Morgan fingerprint density at radius 2 is 0.622 bits per heavy atom. The van der Waals surface area contributed by atoms with Gasteiger partial charge in [0.05, 0.1) is 0 Å². The second-order valence-electron chi connectivity index (χ2n) is 4.38. The van der Waals surface area contributed by atoms with Gasteiger partial charge in [0.25, 0.3) is 0 Å². The van der Waals surface area contributed by atoms with Crippen molar-refractivity contribution in [2.75, 3.05) is 0 Å². The Kier molecular flexibility index (Phi) is 25.3. The molecule has 0 fully saturated rings. The molecule has 34 heteroatoms. The molecule has 0 aliphatic rings. The molecule has 0 aromatic carbocycles. The van der Waals surface area contributed by atoms with Crippen molar-refractivity contribution in [3.63, 3.8) is 0 Å². The SMILES string of the molecule is O=C(O)NNNNN[N+]([O-])(O)O.O=C(O)NNNNN[N+]([O-])(O)O.O=C(O)NNNNN[N+]([O-])(O)O.[Co]. The maximum atomic E-state index is 9.87. The van der Waals surface area contributed by atoms with Crippen LogP contribution in [0.15, 0.2) is 0 Å². The second kappa shape index (κ2) is 22.5. The number of nitrogens with one attached hydrogen (secondary N) is 15. The minimum absolute atomic E-state index is 0. The van der Waals surface area contributed by atoms with Crippen molar-refractivity contribution in [3.05, 3.63) is 15.6 Å². The molecule has 0 rings (SSSR count). The summed E-state index contributed by atoms with van der Waals surface area (Å²) in [5, 5.41) is 93.0. The molecule has 1 radical (unpaired) electrons. The fraction of sp³-hybridized carbons (Fsp3) is 0. The summed E-state index contributed by atoms with van der Waals surface area (Å²) in [7, 11) is 0. The Morgan fingerprint density at radius 3 is 0.757 bits per heavy atom. The van der Waals surface area contributed by atoms with E-state index in [2.05, 4.69) is 0 Å². The Hall–Kier alpha value is -2.64. The van der Waals surface area contributed by atoms with Gasteiger partial charge in [0.2, 0.25) is 0 Å². The van der Waals surface area contributed by atoms with Gasteiger partial charge in [0.15, 0.2) is 0 Å². The molecule has 0 aliphatic heterocycles. The van der Waals surface area contributed by atoms with Crippen molar-refractivity contribution in [2.24, 2.45) is 0 Å². The molecule has 0 saturated heterocycles. The normalized spacial score (nSPS) is 10.9. The molecule has 0 heterocycles. The topological polar surface area (TPSA) is 483 Å². The summed E-state index contributed by atoms with van der Waals surface area (Å²) in [6, 6.07) is 0. The van der Waals surface area contributed by atoms with E-state index in [1.54, 1.807) is 32.9 Å². The number of rotatable bonds is 15. The second-order valence-corrected chi connectivity index (χ2v) is 4.38. The predicted molar refractivity (Wildman–Crippen MR) is 92.7 cm³/mol. The zero-order valence-electron chi connectivity index (χ0n) is 17.1. The fourth-order valence-electron chi connectivity index (χ4n) is 0.650. The van der Waals surface area contributed by atoms with Crippen LogP contribution < -0.4 is 82.7 Å². The molecular formula is C3H24CoN18O15. The molecule has 0 spiro atoms. The first-order valence-electron chi connectivity index (χ1n) is 7.45. The zero-order chi connectivity index (χ0) is 28.8. The largest absolute Gasteiger partial charge is 0.542 e. The van der Waals surface area contributed by atoms with Crippen molar-refractivity contribution in [2.45, 2.75) is 0 Å². The maximum absolute atomic E-state index is 9.87. The van der Waals surface area contributed by atoms with Gasteiger partial charge in [0.1, 0.15) is 0 Å². The first-order chi connectivity index (χ1) is 16.2. The molecule has 0 aromatic heterocycles. The van der Waals surface area contributed by atoms with E-state index in [1.165, 1.54) is 16.6 Å². The predicted octanol–water partition coefficient (Wildman–Crippen LogP) is -8.16. The average Bonchev–Trinajstić information content (AvgIpc) is 2.65. The van der Waals surface area contributed by atoms with Gasteiger partial charge >= 0.3 is 18.3 Å². The molecule has 37 heavy (non-hydrogen) atoms. The monoisotopic (exact) mass is 611 g/mol. The maximum Gasteiger partial charge on any atom is 0.420 e. The summed E-state index contributed by atoms with van der Waals surface area (Å²) in [6.07, 6.45) is -4.12. The van der Waals surface area contributed by atoms with Crippen LogP contribution in [0.4, 0.5) is 14.4 Å². The molecule has 0 bridgehead atoms. The molecular weight excluding hydrogens is 587 g/mol. The van der Waals surface area contributed by atoms with Gasteiger partial charge in [-0.25, -0.2) is 30.7 Å². The van der Waals surface area contributed by atoms with E-state index in [9.17, 15) is 30.0 Å². The Labute approximate surface area is 210 Å². The van der Waals surface area contributed by atoms with Crippen LogP contribution in [0.1, 0.15) is 0 Å². The fourth-order valence-corrected chi connectivity index (χ4v) is 0.650. The Morgan fingerprint density at radius 1 is 0.432 bits per heavy atom. The van der Waals surface area contributed by atoms with E-state index < -0.39 is 33.5 Å². The minimum Gasteiger partial charge on any atom is -0.542 e. The van der Waals surface area contributed by atoms with E-state index >= 15 is 0 Å². The minimum atomic E-state index is -2.78. The third kappa shape index (κ3) is 55.3. The number of hydrazine groups is 12. The van der Waals surface area contributed by atoms with Crippen LogP contribution >= 0.6 is 0 Å². The summed E-state index contributed by atoms with van der Waals surface area (Å²) in [6.45, 7) is 0. The van der Waals surface area contributed by atoms with Gasteiger partial charge in [0, 0.05) is 32.0 Å². The van der Waals surface area contributed by atoms with Crippen molar-refractivity contribution < 1.29 is 93.0 Å². The van der Waals surface area contributed by atoms with E-state index in [-0.39, 0.29) is 16.8 Å². The number of carboxylic acid groups (broad SMARTS) is 3. The van der Waals surface area contributed by atoms with Crippen molar-refractivity contribution in [1.82, 2.24) is 82.7 Å². The molecule has 0 atom stereocenters. The summed E-state index contributed by atoms with van der Waals surface area (Å²) >= 11 is 0. The van der Waals surface area contributed by atoms with E-state index in [1.807, 2.05) is 33.2 Å². The van der Waals surface area contributed by atoms with Gasteiger partial charge in [-0.3, -0.25) is 0 Å². The van der Waals surface area contributed by atoms with Crippen LogP contribution in [0.3, 0.4) is 0 Å². The van der Waals surface area contributed by atoms with Gasteiger partial charge < -0.3 is 30.9 Å². The number of hydrogen-bond acceptors (Lipinski definition) is 24. The molecule has 0 saturated carbocycles. The third-order valence-corrected chi connectivity index (χ3v) is 1.49. The standard InChI is InChI=1S/3CH8N6O5.Co/c3*8-1(9)2-3-4-5-6-7(10,11)12;/h3*2-6,10-11H,(H,8,9);. The number of quaternary nitrogens is 3. The zero-order valence-corrected chi connectivity index (χ0v) is 18.2. The van der Waals surface area contributed by atoms with E-state index in [0.717, 1.165) is 0 Å². The van der Waals surface area contributed by atoms with E-state index in [0.29, 0.717) is 0 Å². The van der Waals surface area contributed by atoms with Crippen LogP contribution in [0.25, 0.3) is 0 Å². The number of amides is 3. The molecule has 3 amide bonds. The van der Waals surface area contributed by atoms with Crippen LogP contribution in [-0.2, 0) is 16.8 Å². The molecule has 0 unspecified atom stereocenters. The first kappa shape index (κ1) is 41.5. The first-order valence-corrected chi connectivity index (χ1v) is 7.45. The van der Waals surface area contributed by atoms with Crippen molar-refractivity contribution in [3.8, 4) is 0 Å². The van der Waals surface area contributed by atoms with Crippen LogP contribution in [-0.4, -0.2) is 80.1 Å². The van der Waals surface area contributed by atoms with Gasteiger partial charge in [-0.05, 0) is 16.6 Å². The van der Waals surface area contributed by atoms with Crippen LogP contribution in [0, 0.1) is 15.6 Å². The molecule has 0 aliphatic carbocycles. The van der Waals surface area contributed by atoms with Gasteiger partial charge in [-0.2, -0.15) is 64.5 Å². The third-order valence-electron chi connectivity index (χ3n) is 1.49. The number of hydrogen-bond donors (Lipinski definition) is 24. The Bertz CT molecular complexity index is 512. The van der Waals surface area contributed by atoms with E-state index in [4.69, 9.17) is 46.6 Å².